The molecule has 2 heterocycles. The summed E-state index contributed by atoms with van der Waals surface area (Å²) in [6.45, 7) is 2.72. The van der Waals surface area contributed by atoms with Gasteiger partial charge in [0.25, 0.3) is 5.91 Å². The Morgan fingerprint density at radius 1 is 1.21 bits per heavy atom. The normalized spacial score (nSPS) is 20.8. The molecule has 1 N–H and O–H groups in total. The van der Waals surface area contributed by atoms with Crippen molar-refractivity contribution >= 4 is 16.9 Å². The van der Waals surface area contributed by atoms with Gasteiger partial charge in [0, 0.05) is 29.6 Å². The van der Waals surface area contributed by atoms with E-state index in [-0.39, 0.29) is 11.9 Å². The number of carbonyl (C=O) groups excluding carboxylic acids is 1. The highest BCUT2D eigenvalue weighted by Gasteiger charge is 2.38. The number of hydrogen-bond acceptors (Lipinski definition) is 2. The van der Waals surface area contributed by atoms with Crippen LogP contribution in [0, 0.1) is 11.8 Å². The third kappa shape index (κ3) is 2.79. The summed E-state index contributed by atoms with van der Waals surface area (Å²) in [7, 11) is 0. The molecule has 0 bridgehead atoms. The van der Waals surface area contributed by atoms with Crippen molar-refractivity contribution in [1.29, 1.82) is 0 Å². The van der Waals surface area contributed by atoms with Gasteiger partial charge in [-0.25, -0.2) is 4.98 Å². The van der Waals surface area contributed by atoms with Crippen LogP contribution >= 0.6 is 0 Å². The van der Waals surface area contributed by atoms with Crippen LogP contribution < -0.4 is 0 Å². The van der Waals surface area contributed by atoms with Crippen LogP contribution in [-0.2, 0) is 6.42 Å². The van der Waals surface area contributed by atoms with E-state index in [0.29, 0.717) is 5.92 Å². The van der Waals surface area contributed by atoms with Gasteiger partial charge in [0.15, 0.2) is 0 Å². The minimum absolute atomic E-state index is 0.142. The zero-order chi connectivity index (χ0) is 19.1. The number of amides is 1. The summed E-state index contributed by atoms with van der Waals surface area (Å²) in [5, 5.41) is 0. The van der Waals surface area contributed by atoms with Crippen LogP contribution in [0.4, 0.5) is 0 Å². The van der Waals surface area contributed by atoms with Crippen LogP contribution in [0.25, 0.3) is 11.0 Å². The minimum atomic E-state index is 0.142. The van der Waals surface area contributed by atoms with Gasteiger partial charge in [0.1, 0.15) is 0 Å². The van der Waals surface area contributed by atoms with Gasteiger partial charge in [-0.1, -0.05) is 12.0 Å². The van der Waals surface area contributed by atoms with Crippen LogP contribution in [0.15, 0.2) is 42.7 Å². The third-order valence-electron chi connectivity index (χ3n) is 6.23. The van der Waals surface area contributed by atoms with E-state index in [9.17, 15) is 4.79 Å². The number of aromatic nitrogens is 2. The van der Waals surface area contributed by atoms with E-state index in [1.54, 1.807) is 6.33 Å². The van der Waals surface area contributed by atoms with Gasteiger partial charge in [-0.05, 0) is 74.1 Å². The molecule has 2 aliphatic rings. The van der Waals surface area contributed by atoms with Crippen LogP contribution in [-0.4, -0.2) is 33.4 Å². The van der Waals surface area contributed by atoms with E-state index in [4.69, 9.17) is 0 Å². The average Bonchev–Trinajstić information content (AvgIpc) is 3.20. The van der Waals surface area contributed by atoms with Crippen LogP contribution in [0.2, 0.25) is 0 Å². The zero-order valence-corrected chi connectivity index (χ0v) is 16.0. The highest BCUT2D eigenvalue weighted by atomic mass is 16.2. The van der Waals surface area contributed by atoms with Crippen LogP contribution in [0.1, 0.15) is 59.2 Å². The van der Waals surface area contributed by atoms with Crippen molar-refractivity contribution in [2.75, 3.05) is 6.54 Å². The number of nitrogens with one attached hydrogen (secondary N) is 1. The molecule has 1 aliphatic heterocycles. The van der Waals surface area contributed by atoms with Crippen molar-refractivity contribution in [2.24, 2.45) is 0 Å². The second-order valence-electron chi connectivity index (χ2n) is 7.78. The molecule has 140 valence electrons. The van der Waals surface area contributed by atoms with Gasteiger partial charge in [-0.2, -0.15) is 0 Å². The molecule has 1 aliphatic carbocycles. The zero-order valence-electron chi connectivity index (χ0n) is 16.0. The van der Waals surface area contributed by atoms with Gasteiger partial charge in [0.05, 0.1) is 17.4 Å². The maximum atomic E-state index is 13.3. The summed E-state index contributed by atoms with van der Waals surface area (Å²) in [6, 6.07) is 12.7. The first-order chi connectivity index (χ1) is 13.7. The summed E-state index contributed by atoms with van der Waals surface area (Å²) in [5.74, 6) is 6.73. The Morgan fingerprint density at radius 2 is 2.14 bits per heavy atom. The number of likely N-dealkylation sites (tertiary alicyclic amines) is 1. The number of benzene rings is 2. The lowest BCUT2D eigenvalue weighted by Gasteiger charge is -2.45. The predicted molar refractivity (Wildman–Crippen MR) is 110 cm³/mol. The van der Waals surface area contributed by atoms with E-state index in [1.807, 2.05) is 25.1 Å². The maximum absolute atomic E-state index is 13.3. The van der Waals surface area contributed by atoms with E-state index in [0.717, 1.165) is 54.4 Å². The second kappa shape index (κ2) is 6.83. The average molecular weight is 369 g/mol. The highest BCUT2D eigenvalue weighted by Crippen LogP contribution is 2.41. The lowest BCUT2D eigenvalue weighted by molar-refractivity contribution is 0.0547. The van der Waals surface area contributed by atoms with Crippen molar-refractivity contribution < 1.29 is 4.79 Å². The lowest BCUT2D eigenvalue weighted by atomic mass is 9.74. The predicted octanol–water partition coefficient (Wildman–Crippen LogP) is 4.27. The van der Waals surface area contributed by atoms with Gasteiger partial charge < -0.3 is 9.88 Å². The summed E-state index contributed by atoms with van der Waals surface area (Å²) in [5.41, 5.74) is 6.48. The van der Waals surface area contributed by atoms with E-state index >= 15 is 0 Å². The van der Waals surface area contributed by atoms with Gasteiger partial charge in [0.2, 0.25) is 0 Å². The number of fused-ring (bicyclic) bond motifs is 4. The number of aryl methyl sites for hydroxylation is 1. The number of nitrogens with zero attached hydrogens (tertiary/aromatic N) is 2. The highest BCUT2D eigenvalue weighted by molar-refractivity contribution is 5.97. The fourth-order valence-corrected chi connectivity index (χ4v) is 4.97. The molecule has 0 radical (unpaired) electrons. The lowest BCUT2D eigenvalue weighted by Crippen LogP contribution is -2.49. The third-order valence-corrected chi connectivity index (χ3v) is 6.23. The Labute approximate surface area is 165 Å². The first kappa shape index (κ1) is 17.1. The monoisotopic (exact) mass is 369 g/mol. The first-order valence-corrected chi connectivity index (χ1v) is 10.0. The second-order valence-corrected chi connectivity index (χ2v) is 7.78. The maximum Gasteiger partial charge on any atom is 0.254 e. The molecule has 2 atom stereocenters. The molecule has 1 fully saturated rings. The number of hydrogen-bond donors (Lipinski definition) is 1. The molecule has 0 saturated carbocycles. The van der Waals surface area contributed by atoms with Crippen molar-refractivity contribution in [3.63, 3.8) is 0 Å². The number of carbonyl (C=O) groups is 1. The van der Waals surface area contributed by atoms with Gasteiger partial charge >= 0.3 is 0 Å². The molecular formula is C24H23N3O. The van der Waals surface area contributed by atoms with Crippen molar-refractivity contribution in [3.05, 3.63) is 65.0 Å². The number of rotatable bonds is 1. The molecule has 0 spiro atoms. The van der Waals surface area contributed by atoms with E-state index in [2.05, 4.69) is 44.9 Å². The summed E-state index contributed by atoms with van der Waals surface area (Å²) < 4.78 is 0. The smallest absolute Gasteiger partial charge is 0.254 e. The Bertz CT molecular complexity index is 1120. The Morgan fingerprint density at radius 3 is 3.04 bits per heavy atom. The first-order valence-electron chi connectivity index (χ1n) is 10.0. The van der Waals surface area contributed by atoms with Crippen molar-refractivity contribution in [2.45, 2.75) is 44.6 Å². The fourth-order valence-electron chi connectivity index (χ4n) is 4.97. The number of H-pyrrole nitrogens is 1. The van der Waals surface area contributed by atoms with Crippen LogP contribution in [0.5, 0.6) is 0 Å². The van der Waals surface area contributed by atoms with Crippen molar-refractivity contribution in [1.82, 2.24) is 14.9 Å². The Hall–Kier alpha value is -3.06. The standard InChI is InChI=1S/C24H23N3O/c1-2-4-16-6-9-19-17(13-16)8-11-23-20(19)5-3-12-27(23)24(28)18-7-10-21-22(14-18)26-15-25-21/h6-7,9-10,13-15,20,23H,3,5,8,11-12H2,1H3,(H,25,26). The molecule has 4 heteroatoms. The summed E-state index contributed by atoms with van der Waals surface area (Å²) >= 11 is 0. The van der Waals surface area contributed by atoms with E-state index in [1.165, 1.54) is 11.1 Å². The van der Waals surface area contributed by atoms with E-state index < -0.39 is 0 Å². The molecule has 2 aromatic carbocycles. The molecule has 28 heavy (non-hydrogen) atoms. The summed E-state index contributed by atoms with van der Waals surface area (Å²) in [4.78, 5) is 22.8. The number of imidazole rings is 1. The van der Waals surface area contributed by atoms with Gasteiger partial charge in [-0.15, -0.1) is 5.92 Å². The Kier molecular flexibility index (Phi) is 4.16. The SMILES string of the molecule is CC#Cc1ccc2c(c1)CCC1C2CCCN1C(=O)c1ccc2nc[nH]c2c1. The molecule has 1 aromatic heterocycles. The quantitative estimate of drug-likeness (QED) is 0.651. The summed E-state index contributed by atoms with van der Waals surface area (Å²) in [6.07, 6.45) is 5.91. The number of aromatic amines is 1. The van der Waals surface area contributed by atoms with Crippen LogP contribution in [0.3, 0.4) is 0 Å². The number of piperidine rings is 1. The largest absolute Gasteiger partial charge is 0.345 e. The molecule has 4 nitrogen and oxygen atoms in total. The molecule has 2 unspecified atom stereocenters. The fraction of sp³-hybridized carbons (Fsp3) is 0.333. The molecule has 1 saturated heterocycles. The minimum Gasteiger partial charge on any atom is -0.345 e. The molecular weight excluding hydrogens is 346 g/mol. The molecule has 3 aromatic rings. The molecule has 1 amide bonds. The van der Waals surface area contributed by atoms with Crippen molar-refractivity contribution in [3.8, 4) is 11.8 Å². The topological polar surface area (TPSA) is 49.0 Å². The Balaban J connectivity index is 1.45. The van der Waals surface area contributed by atoms with Gasteiger partial charge in [-0.3, -0.25) is 4.79 Å². The molecule has 5 rings (SSSR count).